The number of rotatable bonds is 17. The van der Waals surface area contributed by atoms with E-state index in [2.05, 4.69) is 12.2 Å². The zero-order chi connectivity index (χ0) is 18.0. The summed E-state index contributed by atoms with van der Waals surface area (Å²) in [5.74, 6) is 0.533. The van der Waals surface area contributed by atoms with Crippen molar-refractivity contribution in [3.05, 3.63) is 0 Å². The summed E-state index contributed by atoms with van der Waals surface area (Å²) >= 11 is 1.48. The van der Waals surface area contributed by atoms with E-state index in [-0.39, 0.29) is 23.9 Å². The standard InChI is InChI=1S/C19H39NO3S/c1-3-4-5-6-7-8-9-10-11-12-13-18(22)16-24-17(2)19(23)20-14-15-21/h17-18,21-22H,3-16H2,1-2H3,(H,20,23). The summed E-state index contributed by atoms with van der Waals surface area (Å²) in [6.07, 6.45) is 13.5. The second kappa shape index (κ2) is 17.6. The highest BCUT2D eigenvalue weighted by Gasteiger charge is 2.14. The monoisotopic (exact) mass is 361 g/mol. The lowest BCUT2D eigenvalue weighted by molar-refractivity contribution is -0.120. The molecule has 0 saturated heterocycles. The molecule has 0 aromatic rings. The molecule has 0 aliphatic carbocycles. The molecule has 24 heavy (non-hydrogen) atoms. The molecule has 2 unspecified atom stereocenters. The normalized spacial score (nSPS) is 13.7. The van der Waals surface area contributed by atoms with E-state index in [9.17, 15) is 9.90 Å². The second-order valence-electron chi connectivity index (χ2n) is 6.61. The summed E-state index contributed by atoms with van der Waals surface area (Å²) in [5, 5.41) is 21.1. The van der Waals surface area contributed by atoms with Crippen LogP contribution < -0.4 is 5.32 Å². The molecule has 2 atom stereocenters. The molecule has 0 aliphatic rings. The summed E-state index contributed by atoms with van der Waals surface area (Å²) in [7, 11) is 0. The maximum absolute atomic E-state index is 11.6. The fourth-order valence-electron chi connectivity index (χ4n) is 2.60. The molecule has 0 spiro atoms. The van der Waals surface area contributed by atoms with Gasteiger partial charge in [0.05, 0.1) is 18.0 Å². The van der Waals surface area contributed by atoms with E-state index in [1.54, 1.807) is 0 Å². The van der Waals surface area contributed by atoms with E-state index in [0.717, 1.165) is 12.8 Å². The maximum atomic E-state index is 11.6. The fourth-order valence-corrected chi connectivity index (χ4v) is 3.52. The number of hydrogen-bond donors (Lipinski definition) is 3. The fraction of sp³-hybridized carbons (Fsp3) is 0.947. The first-order valence-corrected chi connectivity index (χ1v) is 10.8. The molecule has 0 rings (SSSR count). The van der Waals surface area contributed by atoms with E-state index in [1.807, 2.05) is 6.92 Å². The van der Waals surface area contributed by atoms with E-state index in [0.29, 0.717) is 12.3 Å². The Balaban J connectivity index is 3.40. The lowest BCUT2D eigenvalue weighted by atomic mass is 10.1. The van der Waals surface area contributed by atoms with Gasteiger partial charge < -0.3 is 15.5 Å². The van der Waals surface area contributed by atoms with Gasteiger partial charge in [-0.25, -0.2) is 0 Å². The number of aliphatic hydroxyl groups is 2. The van der Waals surface area contributed by atoms with Gasteiger partial charge in [-0.2, -0.15) is 0 Å². The van der Waals surface area contributed by atoms with Crippen LogP contribution in [0.3, 0.4) is 0 Å². The van der Waals surface area contributed by atoms with Crippen molar-refractivity contribution in [2.24, 2.45) is 0 Å². The second-order valence-corrected chi connectivity index (χ2v) is 7.99. The molecule has 0 bridgehead atoms. The third-order valence-electron chi connectivity index (χ3n) is 4.21. The predicted octanol–water partition coefficient (Wildman–Crippen LogP) is 3.89. The number of carbonyl (C=O) groups excluding carboxylic acids is 1. The Kier molecular flexibility index (Phi) is 17.4. The number of amides is 1. The van der Waals surface area contributed by atoms with E-state index in [1.165, 1.54) is 69.5 Å². The number of nitrogens with one attached hydrogen (secondary N) is 1. The van der Waals surface area contributed by atoms with Gasteiger partial charge in [0, 0.05) is 12.3 Å². The van der Waals surface area contributed by atoms with Gasteiger partial charge in [-0.15, -0.1) is 11.8 Å². The lowest BCUT2D eigenvalue weighted by Gasteiger charge is -2.14. The Bertz CT molecular complexity index is 290. The van der Waals surface area contributed by atoms with Gasteiger partial charge in [-0.05, 0) is 13.3 Å². The maximum Gasteiger partial charge on any atom is 0.232 e. The zero-order valence-electron chi connectivity index (χ0n) is 15.8. The van der Waals surface area contributed by atoms with Gasteiger partial charge in [-0.1, -0.05) is 71.1 Å². The Hall–Kier alpha value is -0.260. The van der Waals surface area contributed by atoms with Crippen LogP contribution in [0.2, 0.25) is 0 Å². The average molecular weight is 362 g/mol. The topological polar surface area (TPSA) is 69.6 Å². The lowest BCUT2D eigenvalue weighted by Crippen LogP contribution is -2.33. The summed E-state index contributed by atoms with van der Waals surface area (Å²) in [6.45, 7) is 4.35. The van der Waals surface area contributed by atoms with Crippen LogP contribution in [0.25, 0.3) is 0 Å². The number of hydrogen-bond acceptors (Lipinski definition) is 4. The summed E-state index contributed by atoms with van der Waals surface area (Å²) in [4.78, 5) is 11.6. The van der Waals surface area contributed by atoms with Crippen molar-refractivity contribution in [2.45, 2.75) is 95.8 Å². The van der Waals surface area contributed by atoms with Crippen molar-refractivity contribution < 1.29 is 15.0 Å². The Morgan fingerprint density at radius 2 is 1.54 bits per heavy atom. The molecule has 0 saturated carbocycles. The number of aliphatic hydroxyl groups excluding tert-OH is 2. The molecule has 0 aromatic carbocycles. The van der Waals surface area contributed by atoms with Crippen LogP contribution in [-0.4, -0.2) is 46.4 Å². The highest BCUT2D eigenvalue weighted by Crippen LogP contribution is 2.16. The van der Waals surface area contributed by atoms with Crippen molar-refractivity contribution in [2.75, 3.05) is 18.9 Å². The Morgan fingerprint density at radius 1 is 1.00 bits per heavy atom. The van der Waals surface area contributed by atoms with Gasteiger partial charge in [0.2, 0.25) is 5.91 Å². The molecule has 1 amide bonds. The van der Waals surface area contributed by atoms with E-state index >= 15 is 0 Å². The van der Waals surface area contributed by atoms with Gasteiger partial charge in [-0.3, -0.25) is 4.79 Å². The highest BCUT2D eigenvalue weighted by atomic mass is 32.2. The molecular formula is C19H39NO3S. The molecule has 4 nitrogen and oxygen atoms in total. The van der Waals surface area contributed by atoms with Crippen LogP contribution in [0, 0.1) is 0 Å². The average Bonchev–Trinajstić information content (AvgIpc) is 2.59. The first-order valence-electron chi connectivity index (χ1n) is 9.80. The quantitative estimate of drug-likeness (QED) is 0.344. The molecule has 5 heteroatoms. The largest absolute Gasteiger partial charge is 0.395 e. The van der Waals surface area contributed by atoms with Crippen molar-refractivity contribution in [3.8, 4) is 0 Å². The van der Waals surface area contributed by atoms with Crippen molar-refractivity contribution in [3.63, 3.8) is 0 Å². The number of unbranched alkanes of at least 4 members (excludes halogenated alkanes) is 9. The van der Waals surface area contributed by atoms with Crippen molar-refractivity contribution in [1.29, 1.82) is 0 Å². The van der Waals surface area contributed by atoms with Gasteiger partial charge in [0.25, 0.3) is 0 Å². The SMILES string of the molecule is CCCCCCCCCCCCC(O)CSC(C)C(=O)NCCO. The third kappa shape index (κ3) is 15.3. The molecule has 144 valence electrons. The Labute approximate surface area is 153 Å². The van der Waals surface area contributed by atoms with Crippen molar-refractivity contribution in [1.82, 2.24) is 5.32 Å². The predicted molar refractivity (Wildman–Crippen MR) is 104 cm³/mol. The third-order valence-corrected chi connectivity index (χ3v) is 5.50. The minimum atomic E-state index is -0.322. The van der Waals surface area contributed by atoms with E-state index < -0.39 is 0 Å². The smallest absolute Gasteiger partial charge is 0.232 e. The van der Waals surface area contributed by atoms with Crippen LogP contribution >= 0.6 is 11.8 Å². The van der Waals surface area contributed by atoms with Gasteiger partial charge >= 0.3 is 0 Å². The van der Waals surface area contributed by atoms with Gasteiger partial charge in [0.15, 0.2) is 0 Å². The minimum Gasteiger partial charge on any atom is -0.395 e. The molecule has 0 fully saturated rings. The van der Waals surface area contributed by atoms with Crippen LogP contribution in [0.5, 0.6) is 0 Å². The number of carbonyl (C=O) groups is 1. The van der Waals surface area contributed by atoms with Crippen LogP contribution in [0.1, 0.15) is 84.5 Å². The molecule has 3 N–H and O–H groups in total. The molecular weight excluding hydrogens is 322 g/mol. The summed E-state index contributed by atoms with van der Waals surface area (Å²) in [6, 6.07) is 0. The molecule has 0 aliphatic heterocycles. The van der Waals surface area contributed by atoms with Crippen LogP contribution in [0.4, 0.5) is 0 Å². The number of thioether (sulfide) groups is 1. The van der Waals surface area contributed by atoms with Crippen LogP contribution in [-0.2, 0) is 4.79 Å². The minimum absolute atomic E-state index is 0.0372. The van der Waals surface area contributed by atoms with Crippen molar-refractivity contribution >= 4 is 17.7 Å². The molecule has 0 aromatic heterocycles. The molecule has 0 heterocycles. The van der Waals surface area contributed by atoms with E-state index in [4.69, 9.17) is 5.11 Å². The zero-order valence-corrected chi connectivity index (χ0v) is 16.6. The van der Waals surface area contributed by atoms with Gasteiger partial charge in [0.1, 0.15) is 0 Å². The molecule has 0 radical (unpaired) electrons. The van der Waals surface area contributed by atoms with Crippen LogP contribution in [0.15, 0.2) is 0 Å². The Morgan fingerprint density at radius 3 is 2.08 bits per heavy atom. The highest BCUT2D eigenvalue weighted by molar-refractivity contribution is 8.00. The first-order chi connectivity index (χ1) is 11.6. The summed E-state index contributed by atoms with van der Waals surface area (Å²) < 4.78 is 0. The summed E-state index contributed by atoms with van der Waals surface area (Å²) in [5.41, 5.74) is 0. The first kappa shape index (κ1) is 23.7.